The summed E-state index contributed by atoms with van der Waals surface area (Å²) in [5, 5.41) is 3.07. The summed E-state index contributed by atoms with van der Waals surface area (Å²) >= 11 is 6.00. The molecule has 10 heteroatoms. The molecule has 0 saturated heterocycles. The largest absolute Gasteiger partial charge is 0.324 e. The first-order chi connectivity index (χ1) is 16.7. The van der Waals surface area contributed by atoms with Crippen molar-refractivity contribution in [1.82, 2.24) is 9.36 Å². The van der Waals surface area contributed by atoms with Gasteiger partial charge in [-0.3, -0.25) is 14.3 Å². The summed E-state index contributed by atoms with van der Waals surface area (Å²) in [6.07, 6.45) is 0. The minimum Gasteiger partial charge on any atom is -0.324 e. The van der Waals surface area contributed by atoms with Gasteiger partial charge in [0.15, 0.2) is 0 Å². The number of aromatic nitrogens is 2. The van der Waals surface area contributed by atoms with E-state index in [0.29, 0.717) is 22.1 Å². The Kier molecular flexibility index (Phi) is 6.81. The number of benzene rings is 3. The minimum absolute atomic E-state index is 0.0375. The fourth-order valence-electron chi connectivity index (χ4n) is 3.74. The maximum atomic E-state index is 13.7. The molecule has 4 aromatic rings. The third-order valence-corrected chi connectivity index (χ3v) is 7.49. The molecule has 0 aliphatic heterocycles. The molecule has 1 aromatic heterocycles. The van der Waals surface area contributed by atoms with E-state index in [1.165, 1.54) is 16.8 Å². The van der Waals surface area contributed by atoms with E-state index in [1.807, 2.05) is 6.07 Å². The highest BCUT2D eigenvalue weighted by atomic mass is 35.5. The van der Waals surface area contributed by atoms with Crippen molar-refractivity contribution in [3.63, 3.8) is 0 Å². The van der Waals surface area contributed by atoms with Crippen LogP contribution in [-0.4, -0.2) is 30.2 Å². The first-order valence-corrected chi connectivity index (χ1v) is 12.5. The quantitative estimate of drug-likeness (QED) is 0.407. The number of carbonyl (C=O) groups is 1. The number of hydrogen-bond donors (Lipinski definition) is 1. The Morgan fingerprint density at radius 1 is 0.971 bits per heavy atom. The van der Waals surface area contributed by atoms with Crippen LogP contribution in [0, 0.1) is 6.92 Å². The topological polar surface area (TPSA) is 93.4 Å². The van der Waals surface area contributed by atoms with Crippen molar-refractivity contribution in [1.29, 1.82) is 0 Å². The number of nitrogens with one attached hydrogen (secondary N) is 1. The van der Waals surface area contributed by atoms with Gasteiger partial charge in [-0.05, 0) is 49.4 Å². The number of amides is 1. The molecular formula is C25H23ClN4O4S. The van der Waals surface area contributed by atoms with E-state index < -0.39 is 28.0 Å². The summed E-state index contributed by atoms with van der Waals surface area (Å²) < 4.78 is 31.2. The van der Waals surface area contributed by atoms with Gasteiger partial charge in [0.05, 0.1) is 16.3 Å². The maximum Gasteiger partial charge on any atom is 0.296 e. The van der Waals surface area contributed by atoms with Crippen molar-refractivity contribution in [2.24, 2.45) is 7.05 Å². The second-order valence-corrected chi connectivity index (χ2v) is 10.1. The van der Waals surface area contributed by atoms with E-state index >= 15 is 0 Å². The van der Waals surface area contributed by atoms with Gasteiger partial charge < -0.3 is 5.32 Å². The third kappa shape index (κ3) is 4.87. The normalized spacial score (nSPS) is 11.3. The van der Waals surface area contributed by atoms with Crippen LogP contribution in [0.15, 0.2) is 94.6 Å². The van der Waals surface area contributed by atoms with Crippen LogP contribution >= 0.6 is 11.6 Å². The number of hydrogen-bond acceptors (Lipinski definition) is 4. The van der Waals surface area contributed by atoms with E-state index in [2.05, 4.69) is 5.32 Å². The molecule has 8 nitrogen and oxygen atoms in total. The second kappa shape index (κ2) is 9.81. The maximum absolute atomic E-state index is 13.7. The van der Waals surface area contributed by atoms with Crippen molar-refractivity contribution < 1.29 is 13.2 Å². The Balaban J connectivity index is 1.83. The van der Waals surface area contributed by atoms with Gasteiger partial charge in [0, 0.05) is 17.8 Å². The minimum atomic E-state index is -4.26. The van der Waals surface area contributed by atoms with Crippen LogP contribution in [-0.2, 0) is 21.9 Å². The summed E-state index contributed by atoms with van der Waals surface area (Å²) in [5.41, 5.74) is 0.683. The van der Waals surface area contributed by atoms with Gasteiger partial charge in [-0.2, -0.15) is 0 Å². The van der Waals surface area contributed by atoms with Gasteiger partial charge in [-0.15, -0.1) is 0 Å². The molecule has 0 aliphatic carbocycles. The Labute approximate surface area is 208 Å². The number of sulfonamides is 1. The Hall–Kier alpha value is -3.82. The lowest BCUT2D eigenvalue weighted by Crippen LogP contribution is -2.41. The first-order valence-electron chi connectivity index (χ1n) is 10.7. The molecule has 180 valence electrons. The zero-order valence-electron chi connectivity index (χ0n) is 19.1. The number of nitrogens with zero attached hydrogens (tertiary/aromatic N) is 3. The molecule has 0 atom stereocenters. The van der Waals surface area contributed by atoms with Gasteiger partial charge >= 0.3 is 0 Å². The molecule has 0 fully saturated rings. The lowest BCUT2D eigenvalue weighted by atomic mass is 10.3. The Morgan fingerprint density at radius 2 is 1.60 bits per heavy atom. The highest BCUT2D eigenvalue weighted by molar-refractivity contribution is 7.92. The molecule has 1 amide bonds. The number of carbonyl (C=O) groups excluding carboxylic acids is 1. The van der Waals surface area contributed by atoms with Crippen molar-refractivity contribution in [2.45, 2.75) is 11.8 Å². The predicted molar refractivity (Wildman–Crippen MR) is 137 cm³/mol. The van der Waals surface area contributed by atoms with Gasteiger partial charge in [0.1, 0.15) is 12.2 Å². The van der Waals surface area contributed by atoms with Gasteiger partial charge in [-0.25, -0.2) is 17.4 Å². The zero-order valence-corrected chi connectivity index (χ0v) is 20.6. The van der Waals surface area contributed by atoms with E-state index in [0.717, 1.165) is 4.31 Å². The van der Waals surface area contributed by atoms with Gasteiger partial charge in [0.2, 0.25) is 5.91 Å². The molecular weight excluding hydrogens is 488 g/mol. The molecule has 3 aromatic carbocycles. The van der Waals surface area contributed by atoms with Gasteiger partial charge in [-0.1, -0.05) is 54.1 Å². The number of halogens is 1. The second-order valence-electron chi connectivity index (χ2n) is 7.79. The molecule has 4 rings (SSSR count). The average molecular weight is 511 g/mol. The van der Waals surface area contributed by atoms with E-state index in [4.69, 9.17) is 11.6 Å². The number of anilines is 2. The van der Waals surface area contributed by atoms with E-state index in [-0.39, 0.29) is 10.6 Å². The van der Waals surface area contributed by atoms with Crippen LogP contribution in [0.4, 0.5) is 11.4 Å². The van der Waals surface area contributed by atoms with Crippen molar-refractivity contribution in [3.05, 3.63) is 106 Å². The Morgan fingerprint density at radius 3 is 2.23 bits per heavy atom. The summed E-state index contributed by atoms with van der Waals surface area (Å²) in [4.78, 5) is 26.6. The lowest BCUT2D eigenvalue weighted by Gasteiger charge is -2.23. The zero-order chi connectivity index (χ0) is 25.2. The van der Waals surface area contributed by atoms with Crippen LogP contribution in [0.2, 0.25) is 5.02 Å². The van der Waals surface area contributed by atoms with Crippen molar-refractivity contribution in [2.75, 3.05) is 16.2 Å². The van der Waals surface area contributed by atoms with Crippen LogP contribution in [0.5, 0.6) is 0 Å². The number of para-hydroxylation sites is 1. The van der Waals surface area contributed by atoms with Crippen LogP contribution in [0.25, 0.3) is 5.69 Å². The average Bonchev–Trinajstić information content (AvgIpc) is 3.06. The fraction of sp³-hybridized carbons (Fsp3) is 0.120. The van der Waals surface area contributed by atoms with E-state index in [1.54, 1.807) is 85.4 Å². The third-order valence-electron chi connectivity index (χ3n) is 5.50. The monoisotopic (exact) mass is 510 g/mol. The first kappa shape index (κ1) is 24.3. The fourth-order valence-corrected chi connectivity index (χ4v) is 5.43. The van der Waals surface area contributed by atoms with Crippen LogP contribution < -0.4 is 15.2 Å². The van der Waals surface area contributed by atoms with Gasteiger partial charge in [0.25, 0.3) is 15.6 Å². The standard InChI is InChI=1S/C25H23ClN4O4S/c1-18-24(25(32)30(28(18)2)21-12-5-3-6-13-21)29(35(33,34)22-14-7-4-8-15-22)17-23(31)27-20-11-9-10-19(26)16-20/h3-16H,17H2,1-2H3,(H,27,31). The summed E-state index contributed by atoms with van der Waals surface area (Å²) in [7, 11) is -2.60. The lowest BCUT2D eigenvalue weighted by molar-refractivity contribution is -0.114. The van der Waals surface area contributed by atoms with Crippen LogP contribution in [0.1, 0.15) is 5.69 Å². The highest BCUT2D eigenvalue weighted by Gasteiger charge is 2.33. The van der Waals surface area contributed by atoms with E-state index in [9.17, 15) is 18.0 Å². The molecule has 0 radical (unpaired) electrons. The molecule has 0 aliphatic rings. The molecule has 1 heterocycles. The molecule has 35 heavy (non-hydrogen) atoms. The summed E-state index contributed by atoms with van der Waals surface area (Å²) in [6.45, 7) is 1.02. The summed E-state index contributed by atoms with van der Waals surface area (Å²) in [5.74, 6) is -0.624. The predicted octanol–water partition coefficient (Wildman–Crippen LogP) is 3.97. The smallest absolute Gasteiger partial charge is 0.296 e. The highest BCUT2D eigenvalue weighted by Crippen LogP contribution is 2.25. The molecule has 0 unspecified atom stereocenters. The molecule has 1 N–H and O–H groups in total. The summed E-state index contributed by atoms with van der Waals surface area (Å²) in [6, 6.07) is 23.1. The Bertz CT molecular complexity index is 1530. The molecule has 0 spiro atoms. The van der Waals surface area contributed by atoms with Crippen molar-refractivity contribution >= 4 is 38.9 Å². The molecule has 0 saturated carbocycles. The van der Waals surface area contributed by atoms with Crippen molar-refractivity contribution in [3.8, 4) is 5.69 Å². The SMILES string of the molecule is Cc1c(N(CC(=O)Nc2cccc(Cl)c2)S(=O)(=O)c2ccccc2)c(=O)n(-c2ccccc2)n1C. The molecule has 0 bridgehead atoms. The van der Waals surface area contributed by atoms with Crippen LogP contribution in [0.3, 0.4) is 0 Å². The number of rotatable bonds is 7.